The first-order valence-electron chi connectivity index (χ1n) is 5.80. The molecule has 1 aliphatic heterocycles. The van der Waals surface area contributed by atoms with Crippen molar-refractivity contribution in [2.45, 2.75) is 36.5 Å². The van der Waals surface area contributed by atoms with Gasteiger partial charge in [0.1, 0.15) is 0 Å². The zero-order chi connectivity index (χ0) is 12.6. The highest BCUT2D eigenvalue weighted by molar-refractivity contribution is 7.99. The van der Waals surface area contributed by atoms with Gasteiger partial charge in [-0.05, 0) is 18.6 Å². The maximum absolute atomic E-state index is 11.6. The largest absolute Gasteiger partial charge is 0.378 e. The van der Waals surface area contributed by atoms with Crippen molar-refractivity contribution in [2.75, 3.05) is 11.9 Å². The summed E-state index contributed by atoms with van der Waals surface area (Å²) in [5.74, 6) is -0.245. The Balaban J connectivity index is 2.30. The van der Waals surface area contributed by atoms with Crippen molar-refractivity contribution in [3.8, 4) is 0 Å². The van der Waals surface area contributed by atoms with Gasteiger partial charge in [0.05, 0.1) is 5.69 Å². The van der Waals surface area contributed by atoms with Gasteiger partial charge in [0, 0.05) is 22.8 Å². The van der Waals surface area contributed by atoms with Crippen LogP contribution >= 0.6 is 11.8 Å². The summed E-state index contributed by atoms with van der Waals surface area (Å²) in [4.78, 5) is 14.3. The Hall–Kier alpha value is -1.00. The third-order valence-electron chi connectivity index (χ3n) is 3.13. The lowest BCUT2D eigenvalue weighted by Gasteiger charge is -2.12. The van der Waals surface area contributed by atoms with Gasteiger partial charge in [-0.25, -0.2) is 0 Å². The van der Waals surface area contributed by atoms with Crippen LogP contribution in [0.2, 0.25) is 0 Å². The Morgan fingerprint density at radius 3 is 2.88 bits per heavy atom. The van der Waals surface area contributed by atoms with Crippen molar-refractivity contribution in [1.82, 2.24) is 0 Å². The van der Waals surface area contributed by atoms with E-state index >= 15 is 0 Å². The molecular formula is C13H17NO2S. The molecule has 0 bridgehead atoms. The average molecular weight is 251 g/mol. The highest BCUT2D eigenvalue weighted by atomic mass is 32.2. The van der Waals surface area contributed by atoms with Gasteiger partial charge in [0.15, 0.2) is 6.10 Å². The van der Waals surface area contributed by atoms with E-state index in [0.717, 1.165) is 17.0 Å². The van der Waals surface area contributed by atoms with Crippen molar-refractivity contribution in [3.05, 3.63) is 23.8 Å². The number of likely N-dealkylation sites (N-methyl/N-ethyl adjacent to an activating group) is 1. The maximum atomic E-state index is 11.6. The van der Waals surface area contributed by atoms with Crippen LogP contribution in [0.4, 0.5) is 5.69 Å². The number of amides is 1. The molecule has 1 amide bonds. The van der Waals surface area contributed by atoms with Crippen LogP contribution in [0.5, 0.6) is 0 Å². The molecule has 2 rings (SSSR count). The van der Waals surface area contributed by atoms with Crippen molar-refractivity contribution >= 4 is 23.4 Å². The molecule has 0 aliphatic carbocycles. The molecule has 92 valence electrons. The summed E-state index contributed by atoms with van der Waals surface area (Å²) in [5.41, 5.74) is 1.54. The summed E-state index contributed by atoms with van der Waals surface area (Å²) in [7, 11) is 1.70. The number of aliphatic hydroxyl groups is 1. The Labute approximate surface area is 106 Å². The third-order valence-corrected chi connectivity index (χ3v) is 4.40. The minimum atomic E-state index is -0.988. The van der Waals surface area contributed by atoms with E-state index in [9.17, 15) is 9.90 Å². The van der Waals surface area contributed by atoms with Crippen LogP contribution in [-0.4, -0.2) is 23.3 Å². The number of aliphatic hydroxyl groups excluding tert-OH is 1. The summed E-state index contributed by atoms with van der Waals surface area (Å²) in [6.07, 6.45) is 0.122. The molecule has 0 spiro atoms. The van der Waals surface area contributed by atoms with E-state index < -0.39 is 6.10 Å². The standard InChI is InChI=1S/C13H17NO2S/c1-4-8(2)17-9-5-6-10-11(7-9)14(3)13(16)12(10)15/h5-8,12,15H,4H2,1-3H3. The Morgan fingerprint density at radius 1 is 1.53 bits per heavy atom. The van der Waals surface area contributed by atoms with E-state index in [1.54, 1.807) is 18.8 Å². The Morgan fingerprint density at radius 2 is 2.24 bits per heavy atom. The molecule has 17 heavy (non-hydrogen) atoms. The lowest BCUT2D eigenvalue weighted by Crippen LogP contribution is -2.23. The second kappa shape index (κ2) is 4.70. The molecule has 2 atom stereocenters. The minimum absolute atomic E-state index is 0.245. The molecule has 1 aliphatic rings. The fraction of sp³-hybridized carbons (Fsp3) is 0.462. The van der Waals surface area contributed by atoms with Gasteiger partial charge < -0.3 is 10.0 Å². The number of hydrogen-bond donors (Lipinski definition) is 1. The summed E-state index contributed by atoms with van der Waals surface area (Å²) >= 11 is 1.79. The molecule has 4 heteroatoms. The average Bonchev–Trinajstić information content (AvgIpc) is 2.54. The molecule has 0 aromatic heterocycles. The molecule has 1 aromatic rings. The van der Waals surface area contributed by atoms with Gasteiger partial charge in [-0.2, -0.15) is 0 Å². The van der Waals surface area contributed by atoms with Crippen LogP contribution in [0, 0.1) is 0 Å². The van der Waals surface area contributed by atoms with E-state index in [4.69, 9.17) is 0 Å². The molecule has 3 nitrogen and oxygen atoms in total. The van der Waals surface area contributed by atoms with Crippen LogP contribution < -0.4 is 4.90 Å². The number of carbonyl (C=O) groups excluding carboxylic acids is 1. The second-order valence-electron chi connectivity index (χ2n) is 4.36. The molecule has 1 heterocycles. The number of anilines is 1. The van der Waals surface area contributed by atoms with Gasteiger partial charge in [0.25, 0.3) is 5.91 Å². The third kappa shape index (κ3) is 2.19. The smallest absolute Gasteiger partial charge is 0.260 e. The summed E-state index contributed by atoms with van der Waals surface area (Å²) in [6.45, 7) is 4.34. The minimum Gasteiger partial charge on any atom is -0.378 e. The van der Waals surface area contributed by atoms with Crippen LogP contribution in [0.25, 0.3) is 0 Å². The Kier molecular flexibility index (Phi) is 3.45. The van der Waals surface area contributed by atoms with E-state index in [2.05, 4.69) is 13.8 Å². The quantitative estimate of drug-likeness (QED) is 0.839. The molecule has 0 fully saturated rings. The number of benzene rings is 1. The molecule has 1 N–H and O–H groups in total. The fourth-order valence-electron chi connectivity index (χ4n) is 1.87. The predicted molar refractivity (Wildman–Crippen MR) is 70.4 cm³/mol. The number of hydrogen-bond acceptors (Lipinski definition) is 3. The monoisotopic (exact) mass is 251 g/mol. The van der Waals surface area contributed by atoms with Crippen LogP contribution in [-0.2, 0) is 4.79 Å². The van der Waals surface area contributed by atoms with Crippen LogP contribution in [0.15, 0.2) is 23.1 Å². The number of carbonyl (C=O) groups is 1. The van der Waals surface area contributed by atoms with Gasteiger partial charge >= 0.3 is 0 Å². The first-order valence-corrected chi connectivity index (χ1v) is 6.68. The fourth-order valence-corrected chi connectivity index (χ4v) is 2.83. The molecule has 0 saturated heterocycles. The molecule has 0 radical (unpaired) electrons. The highest BCUT2D eigenvalue weighted by Gasteiger charge is 2.33. The van der Waals surface area contributed by atoms with Crippen molar-refractivity contribution in [2.24, 2.45) is 0 Å². The first kappa shape index (κ1) is 12.5. The maximum Gasteiger partial charge on any atom is 0.260 e. The van der Waals surface area contributed by atoms with E-state index in [1.807, 2.05) is 18.2 Å². The predicted octanol–water partition coefficient (Wildman–Crippen LogP) is 2.59. The highest BCUT2D eigenvalue weighted by Crippen LogP contribution is 2.38. The molecular weight excluding hydrogens is 234 g/mol. The lowest BCUT2D eigenvalue weighted by molar-refractivity contribution is -0.125. The van der Waals surface area contributed by atoms with Gasteiger partial charge in [0.2, 0.25) is 0 Å². The van der Waals surface area contributed by atoms with Crippen molar-refractivity contribution < 1.29 is 9.90 Å². The number of nitrogens with zero attached hydrogens (tertiary/aromatic N) is 1. The zero-order valence-electron chi connectivity index (χ0n) is 10.3. The summed E-state index contributed by atoms with van der Waals surface area (Å²) < 4.78 is 0. The Bertz CT molecular complexity index is 447. The van der Waals surface area contributed by atoms with Gasteiger partial charge in [-0.3, -0.25) is 4.79 Å². The topological polar surface area (TPSA) is 40.5 Å². The number of thioether (sulfide) groups is 1. The molecule has 1 aromatic carbocycles. The van der Waals surface area contributed by atoms with Crippen LogP contribution in [0.3, 0.4) is 0 Å². The van der Waals surface area contributed by atoms with E-state index in [1.165, 1.54) is 4.90 Å². The van der Waals surface area contributed by atoms with E-state index in [-0.39, 0.29) is 5.91 Å². The normalized spacial score (nSPS) is 20.6. The first-order chi connectivity index (χ1) is 8.04. The SMILES string of the molecule is CCC(C)Sc1ccc2c(c1)N(C)C(=O)C2O. The second-order valence-corrected chi connectivity index (χ2v) is 5.87. The molecule has 0 saturated carbocycles. The molecule has 2 unspecified atom stereocenters. The van der Waals surface area contributed by atoms with Gasteiger partial charge in [-0.1, -0.05) is 19.9 Å². The van der Waals surface area contributed by atoms with Crippen molar-refractivity contribution in [3.63, 3.8) is 0 Å². The van der Waals surface area contributed by atoms with E-state index in [0.29, 0.717) is 10.8 Å². The lowest BCUT2D eigenvalue weighted by atomic mass is 10.1. The van der Waals surface area contributed by atoms with Crippen LogP contribution in [0.1, 0.15) is 31.9 Å². The summed E-state index contributed by atoms with van der Waals surface area (Å²) in [6, 6.07) is 5.82. The summed E-state index contributed by atoms with van der Waals surface area (Å²) in [5, 5.41) is 10.3. The number of rotatable bonds is 3. The zero-order valence-corrected chi connectivity index (χ0v) is 11.1. The van der Waals surface area contributed by atoms with Crippen molar-refractivity contribution in [1.29, 1.82) is 0 Å². The number of fused-ring (bicyclic) bond motifs is 1. The van der Waals surface area contributed by atoms with Gasteiger partial charge in [-0.15, -0.1) is 11.8 Å².